The second-order valence-corrected chi connectivity index (χ2v) is 6.02. The Kier molecular flexibility index (Phi) is 5.97. The lowest BCUT2D eigenvalue weighted by atomic mass is 10.0. The van der Waals surface area contributed by atoms with E-state index in [0.717, 1.165) is 17.8 Å². The number of pyridine rings is 1. The van der Waals surface area contributed by atoms with Crippen LogP contribution in [0.4, 0.5) is 13.2 Å². The zero-order chi connectivity index (χ0) is 17.7. The molecule has 0 saturated heterocycles. The Hall–Kier alpha value is -2.35. The van der Waals surface area contributed by atoms with Gasteiger partial charge in [-0.1, -0.05) is 6.07 Å². The summed E-state index contributed by atoms with van der Waals surface area (Å²) in [5.41, 5.74) is 5.00. The van der Waals surface area contributed by atoms with Gasteiger partial charge in [-0.05, 0) is 23.8 Å². The minimum absolute atomic E-state index is 0.00409. The van der Waals surface area contributed by atoms with Gasteiger partial charge in [-0.25, -0.2) is 13.2 Å². The first-order valence-corrected chi connectivity index (χ1v) is 7.95. The molecule has 2 aromatic rings. The van der Waals surface area contributed by atoms with Crippen LogP contribution in [-0.2, 0) is 4.79 Å². The first-order chi connectivity index (χ1) is 11.5. The number of nitrogens with two attached hydrogens (primary N) is 1. The summed E-state index contributed by atoms with van der Waals surface area (Å²) in [6.07, 6.45) is 2.10. The number of primary amides is 1. The molecule has 1 unspecified atom stereocenters. The van der Waals surface area contributed by atoms with E-state index in [-0.39, 0.29) is 17.9 Å². The molecule has 0 spiro atoms. The topological polar surface area (TPSA) is 73.1 Å². The maximum absolute atomic E-state index is 14.1. The largest absolute Gasteiger partial charge is 0.364 e. The van der Waals surface area contributed by atoms with Gasteiger partial charge >= 0.3 is 0 Å². The number of carbonyl (C=O) groups excluding carboxylic acids is 2. The third-order valence-corrected chi connectivity index (χ3v) is 4.52. The fourth-order valence-electron chi connectivity index (χ4n) is 2.07. The molecule has 2 rings (SSSR count). The molecule has 1 aromatic heterocycles. The third-order valence-electron chi connectivity index (χ3n) is 3.20. The minimum atomic E-state index is -1.29. The number of aromatic nitrogens is 1. The van der Waals surface area contributed by atoms with Crippen LogP contribution < -0.4 is 5.73 Å². The molecule has 0 aliphatic rings. The molecule has 1 heterocycles. The fourth-order valence-corrected chi connectivity index (χ4v) is 3.25. The smallest absolute Gasteiger partial charge is 0.267 e. The Morgan fingerprint density at radius 2 is 1.92 bits per heavy atom. The second kappa shape index (κ2) is 7.96. The van der Waals surface area contributed by atoms with Crippen molar-refractivity contribution in [1.82, 2.24) is 4.98 Å². The fraction of sp³-hybridized carbons (Fsp3) is 0.188. The molecule has 0 aliphatic heterocycles. The molecule has 24 heavy (non-hydrogen) atoms. The molecule has 0 fully saturated rings. The lowest BCUT2D eigenvalue weighted by Gasteiger charge is -2.18. The molecule has 8 heteroatoms. The molecular formula is C16H13F3N2O2S. The van der Waals surface area contributed by atoms with Crippen LogP contribution in [0.2, 0.25) is 0 Å². The molecule has 1 aromatic carbocycles. The normalized spacial score (nSPS) is 12.0. The lowest BCUT2D eigenvalue weighted by molar-refractivity contribution is -0.107. The number of rotatable bonds is 7. The first kappa shape index (κ1) is 18.0. The summed E-state index contributed by atoms with van der Waals surface area (Å²) in [5, 5.41) is -0.921. The van der Waals surface area contributed by atoms with E-state index in [0.29, 0.717) is 17.9 Å². The van der Waals surface area contributed by atoms with E-state index in [2.05, 4.69) is 4.98 Å². The monoisotopic (exact) mass is 354 g/mol. The lowest BCUT2D eigenvalue weighted by Crippen LogP contribution is -2.13. The maximum atomic E-state index is 14.1. The van der Waals surface area contributed by atoms with Gasteiger partial charge in [0.25, 0.3) is 5.91 Å². The molecule has 4 nitrogen and oxygen atoms in total. The zero-order valence-electron chi connectivity index (χ0n) is 12.3. The van der Waals surface area contributed by atoms with Crippen LogP contribution in [0, 0.1) is 17.5 Å². The van der Waals surface area contributed by atoms with E-state index in [1.807, 2.05) is 0 Å². The predicted molar refractivity (Wildman–Crippen MR) is 84.1 cm³/mol. The van der Waals surface area contributed by atoms with Gasteiger partial charge in [-0.15, -0.1) is 11.8 Å². The van der Waals surface area contributed by atoms with Gasteiger partial charge in [-0.3, -0.25) is 9.78 Å². The van der Waals surface area contributed by atoms with Crippen LogP contribution in [0.1, 0.15) is 33.3 Å². The van der Waals surface area contributed by atoms with E-state index in [1.165, 1.54) is 18.3 Å². The van der Waals surface area contributed by atoms with Gasteiger partial charge in [0.1, 0.15) is 17.8 Å². The number of aldehydes is 1. The molecule has 1 amide bonds. The highest BCUT2D eigenvalue weighted by molar-refractivity contribution is 7.99. The first-order valence-electron chi connectivity index (χ1n) is 6.90. The molecular weight excluding hydrogens is 341 g/mol. The number of halogens is 3. The van der Waals surface area contributed by atoms with Crippen LogP contribution >= 0.6 is 11.8 Å². The van der Waals surface area contributed by atoms with Crippen molar-refractivity contribution < 1.29 is 22.8 Å². The summed E-state index contributed by atoms with van der Waals surface area (Å²) < 4.78 is 41.7. The maximum Gasteiger partial charge on any atom is 0.267 e. The second-order valence-electron chi connectivity index (χ2n) is 4.80. The predicted octanol–water partition coefficient (Wildman–Crippen LogP) is 3.01. The van der Waals surface area contributed by atoms with Crippen LogP contribution in [0.15, 0.2) is 30.5 Å². The highest BCUT2D eigenvalue weighted by atomic mass is 32.2. The Morgan fingerprint density at radius 1 is 1.21 bits per heavy atom. The number of benzene rings is 1. The van der Waals surface area contributed by atoms with Crippen molar-refractivity contribution in [2.24, 2.45) is 5.73 Å². The Balaban J connectivity index is 2.47. The van der Waals surface area contributed by atoms with Crippen LogP contribution in [0.3, 0.4) is 0 Å². The molecule has 0 radical (unpaired) electrons. The number of thioether (sulfide) groups is 1. The summed E-state index contributed by atoms with van der Waals surface area (Å²) in [5.74, 6) is -3.83. The highest BCUT2D eigenvalue weighted by Gasteiger charge is 2.25. The van der Waals surface area contributed by atoms with Crippen LogP contribution in [0.5, 0.6) is 0 Å². The Labute approximate surface area is 140 Å². The van der Waals surface area contributed by atoms with E-state index < -0.39 is 34.2 Å². The quantitative estimate of drug-likeness (QED) is 0.471. The van der Waals surface area contributed by atoms with Crippen molar-refractivity contribution >= 4 is 24.0 Å². The Bertz CT molecular complexity index is 754. The van der Waals surface area contributed by atoms with Crippen molar-refractivity contribution in [3.8, 4) is 0 Å². The van der Waals surface area contributed by atoms with Crippen LogP contribution in [-0.4, -0.2) is 22.9 Å². The molecule has 1 atom stereocenters. The van der Waals surface area contributed by atoms with Gasteiger partial charge in [0.15, 0.2) is 11.6 Å². The Morgan fingerprint density at radius 3 is 2.50 bits per heavy atom. The van der Waals surface area contributed by atoms with Crippen molar-refractivity contribution in [2.45, 2.75) is 11.7 Å². The SMILES string of the molecule is NC(=O)c1ccc(C(SCCC=O)c2c(F)ccc(F)c2F)cn1. The van der Waals surface area contributed by atoms with Gasteiger partial charge in [0.05, 0.1) is 5.25 Å². The summed E-state index contributed by atoms with van der Waals surface area (Å²) in [6.45, 7) is 0. The average Bonchev–Trinajstić information content (AvgIpc) is 2.57. The summed E-state index contributed by atoms with van der Waals surface area (Å²) in [4.78, 5) is 25.4. The molecule has 0 aliphatic carbocycles. The average molecular weight is 354 g/mol. The highest BCUT2D eigenvalue weighted by Crippen LogP contribution is 2.39. The van der Waals surface area contributed by atoms with Crippen molar-refractivity contribution in [3.05, 3.63) is 64.7 Å². The van der Waals surface area contributed by atoms with Gasteiger partial charge in [0, 0.05) is 23.9 Å². The molecule has 0 saturated carbocycles. The zero-order valence-corrected chi connectivity index (χ0v) is 13.2. The summed E-state index contributed by atoms with van der Waals surface area (Å²) in [7, 11) is 0. The van der Waals surface area contributed by atoms with Crippen molar-refractivity contribution in [1.29, 1.82) is 0 Å². The van der Waals surface area contributed by atoms with E-state index in [4.69, 9.17) is 5.73 Å². The number of nitrogens with zero attached hydrogens (tertiary/aromatic N) is 1. The van der Waals surface area contributed by atoms with Gasteiger partial charge < -0.3 is 10.5 Å². The van der Waals surface area contributed by atoms with Gasteiger partial charge in [-0.2, -0.15) is 0 Å². The molecule has 126 valence electrons. The van der Waals surface area contributed by atoms with E-state index in [9.17, 15) is 22.8 Å². The van der Waals surface area contributed by atoms with Gasteiger partial charge in [0.2, 0.25) is 0 Å². The molecule has 0 bridgehead atoms. The van der Waals surface area contributed by atoms with Crippen LogP contribution in [0.25, 0.3) is 0 Å². The number of hydrogen-bond donors (Lipinski definition) is 1. The van der Waals surface area contributed by atoms with Crippen molar-refractivity contribution in [2.75, 3.05) is 5.75 Å². The number of carbonyl (C=O) groups is 2. The third kappa shape index (κ3) is 3.94. The summed E-state index contributed by atoms with van der Waals surface area (Å²) >= 11 is 1.07. The summed E-state index contributed by atoms with van der Waals surface area (Å²) in [6, 6.07) is 4.30. The number of hydrogen-bond acceptors (Lipinski definition) is 4. The van der Waals surface area contributed by atoms with Crippen molar-refractivity contribution in [3.63, 3.8) is 0 Å². The van der Waals surface area contributed by atoms with E-state index in [1.54, 1.807) is 0 Å². The minimum Gasteiger partial charge on any atom is -0.364 e. The number of amides is 1. The van der Waals surface area contributed by atoms with E-state index >= 15 is 0 Å². The molecule has 2 N–H and O–H groups in total. The standard InChI is InChI=1S/C16H13F3N2O2S/c17-10-3-4-11(18)14(19)13(10)15(24-7-1-6-22)9-2-5-12(16(20)23)21-8-9/h2-6,8,15H,1,7H2,(H2,20,23).